The average molecular weight is 280 g/mol. The van der Waals surface area contributed by atoms with Crippen LogP contribution in [-0.2, 0) is 4.79 Å². The van der Waals surface area contributed by atoms with Crippen LogP contribution in [0.1, 0.15) is 66.7 Å². The fraction of sp³-hybridized carbons (Fsp3) is 0.941. The first kappa shape index (κ1) is 15.8. The van der Waals surface area contributed by atoms with Crippen molar-refractivity contribution in [3.05, 3.63) is 0 Å². The SMILES string of the molecule is CCCC1NC(C(C)CC)C(=O)N1C1CCC(C)C1C. The Bertz CT molecular complexity index is 344. The van der Waals surface area contributed by atoms with Crippen molar-refractivity contribution >= 4 is 5.91 Å². The summed E-state index contributed by atoms with van der Waals surface area (Å²) in [5.41, 5.74) is 0. The van der Waals surface area contributed by atoms with Gasteiger partial charge in [-0.1, -0.05) is 47.5 Å². The first-order chi connectivity index (χ1) is 9.51. The van der Waals surface area contributed by atoms with Crippen molar-refractivity contribution in [1.29, 1.82) is 0 Å². The quantitative estimate of drug-likeness (QED) is 0.837. The van der Waals surface area contributed by atoms with Crippen molar-refractivity contribution in [2.24, 2.45) is 17.8 Å². The van der Waals surface area contributed by atoms with Crippen molar-refractivity contribution in [2.45, 2.75) is 85.0 Å². The van der Waals surface area contributed by atoms with Gasteiger partial charge in [-0.2, -0.15) is 0 Å². The predicted octanol–water partition coefficient (Wildman–Crippen LogP) is 3.39. The number of hydrogen-bond donors (Lipinski definition) is 1. The zero-order chi connectivity index (χ0) is 14.9. The van der Waals surface area contributed by atoms with Crippen molar-refractivity contribution in [3.63, 3.8) is 0 Å². The maximum Gasteiger partial charge on any atom is 0.241 e. The fourth-order valence-corrected chi connectivity index (χ4v) is 3.94. The molecular weight excluding hydrogens is 248 g/mol. The Balaban J connectivity index is 2.17. The molecule has 1 saturated heterocycles. The highest BCUT2D eigenvalue weighted by Crippen LogP contribution is 2.38. The van der Waals surface area contributed by atoms with Gasteiger partial charge in [0, 0.05) is 6.04 Å². The lowest BCUT2D eigenvalue weighted by atomic mass is 9.95. The van der Waals surface area contributed by atoms with E-state index >= 15 is 0 Å². The number of carbonyl (C=O) groups excluding carboxylic acids is 1. The molecule has 6 unspecified atom stereocenters. The molecule has 1 N–H and O–H groups in total. The largest absolute Gasteiger partial charge is 0.323 e. The van der Waals surface area contributed by atoms with Crippen LogP contribution in [0.3, 0.4) is 0 Å². The van der Waals surface area contributed by atoms with Gasteiger partial charge in [-0.25, -0.2) is 0 Å². The molecule has 116 valence electrons. The predicted molar refractivity (Wildman–Crippen MR) is 83.3 cm³/mol. The van der Waals surface area contributed by atoms with E-state index in [2.05, 4.69) is 44.8 Å². The van der Waals surface area contributed by atoms with E-state index in [-0.39, 0.29) is 12.2 Å². The molecule has 0 aromatic heterocycles. The van der Waals surface area contributed by atoms with Crippen molar-refractivity contribution in [3.8, 4) is 0 Å². The first-order valence-electron chi connectivity index (χ1n) is 8.59. The minimum atomic E-state index is 0.0413. The van der Waals surface area contributed by atoms with E-state index < -0.39 is 0 Å². The molecule has 0 bridgehead atoms. The molecule has 1 saturated carbocycles. The summed E-state index contributed by atoms with van der Waals surface area (Å²) in [5.74, 6) is 2.18. The van der Waals surface area contributed by atoms with E-state index in [4.69, 9.17) is 0 Å². The minimum Gasteiger partial charge on any atom is -0.323 e. The van der Waals surface area contributed by atoms with E-state index in [0.717, 1.165) is 25.2 Å². The number of carbonyl (C=O) groups is 1. The smallest absolute Gasteiger partial charge is 0.241 e. The van der Waals surface area contributed by atoms with Crippen molar-refractivity contribution < 1.29 is 4.79 Å². The number of rotatable bonds is 5. The molecular formula is C17H32N2O. The number of hydrogen-bond acceptors (Lipinski definition) is 2. The van der Waals surface area contributed by atoms with E-state index in [1.54, 1.807) is 0 Å². The van der Waals surface area contributed by atoms with E-state index in [1.807, 2.05) is 0 Å². The van der Waals surface area contributed by atoms with Crippen LogP contribution < -0.4 is 5.32 Å². The third kappa shape index (κ3) is 2.74. The summed E-state index contributed by atoms with van der Waals surface area (Å²) in [4.78, 5) is 15.1. The zero-order valence-corrected chi connectivity index (χ0v) is 13.9. The van der Waals surface area contributed by atoms with Gasteiger partial charge in [-0.05, 0) is 37.0 Å². The van der Waals surface area contributed by atoms with E-state index in [9.17, 15) is 4.79 Å². The van der Waals surface area contributed by atoms with Crippen molar-refractivity contribution in [1.82, 2.24) is 10.2 Å². The molecule has 1 heterocycles. The van der Waals surface area contributed by atoms with Crippen LogP contribution >= 0.6 is 0 Å². The van der Waals surface area contributed by atoms with Gasteiger partial charge in [-0.15, -0.1) is 0 Å². The lowest BCUT2D eigenvalue weighted by molar-refractivity contribution is -0.134. The Morgan fingerprint density at radius 3 is 2.50 bits per heavy atom. The Hall–Kier alpha value is -0.570. The van der Waals surface area contributed by atoms with Crippen molar-refractivity contribution in [2.75, 3.05) is 0 Å². The Kier molecular flexibility index (Phi) is 5.11. The van der Waals surface area contributed by atoms with Crippen LogP contribution in [0.2, 0.25) is 0 Å². The maximum absolute atomic E-state index is 12.9. The first-order valence-corrected chi connectivity index (χ1v) is 8.59. The van der Waals surface area contributed by atoms with Gasteiger partial charge < -0.3 is 4.90 Å². The standard InChI is InChI=1S/C17H32N2O/c1-6-8-15-18-16(11(3)7-2)17(20)19(15)14-10-9-12(4)13(14)5/h11-16,18H,6-10H2,1-5H3. The summed E-state index contributed by atoms with van der Waals surface area (Å²) in [6.45, 7) is 11.2. The van der Waals surface area contributed by atoms with Gasteiger partial charge in [0.25, 0.3) is 0 Å². The van der Waals surface area contributed by atoms with Crippen LogP contribution in [0.4, 0.5) is 0 Å². The topological polar surface area (TPSA) is 32.3 Å². The highest BCUT2D eigenvalue weighted by Gasteiger charge is 2.47. The molecule has 2 aliphatic rings. The summed E-state index contributed by atoms with van der Waals surface area (Å²) in [6.07, 6.45) is 5.99. The second kappa shape index (κ2) is 6.46. The van der Waals surface area contributed by atoms with Crippen LogP contribution in [-0.4, -0.2) is 29.1 Å². The third-order valence-corrected chi connectivity index (χ3v) is 5.78. The molecule has 1 aliphatic heterocycles. The van der Waals surface area contributed by atoms with Gasteiger partial charge in [-0.3, -0.25) is 10.1 Å². The van der Waals surface area contributed by atoms with Gasteiger partial charge >= 0.3 is 0 Å². The third-order valence-electron chi connectivity index (χ3n) is 5.78. The lowest BCUT2D eigenvalue weighted by Crippen LogP contribution is -2.46. The summed E-state index contributed by atoms with van der Waals surface area (Å²) >= 11 is 0. The second-order valence-corrected chi connectivity index (χ2v) is 7.06. The molecule has 0 spiro atoms. The molecule has 1 amide bonds. The van der Waals surface area contributed by atoms with Gasteiger partial charge in [0.05, 0.1) is 12.2 Å². The fourth-order valence-electron chi connectivity index (χ4n) is 3.94. The molecule has 2 fully saturated rings. The van der Waals surface area contributed by atoms with E-state index in [1.165, 1.54) is 12.8 Å². The van der Waals surface area contributed by atoms with Crippen LogP contribution in [0.25, 0.3) is 0 Å². The van der Waals surface area contributed by atoms with Crippen LogP contribution in [0.5, 0.6) is 0 Å². The normalized spacial score (nSPS) is 39.5. The molecule has 2 rings (SSSR count). The highest BCUT2D eigenvalue weighted by atomic mass is 16.2. The van der Waals surface area contributed by atoms with E-state index in [0.29, 0.717) is 23.8 Å². The number of nitrogens with one attached hydrogen (secondary N) is 1. The van der Waals surface area contributed by atoms with Gasteiger partial charge in [0.2, 0.25) is 5.91 Å². The molecule has 6 atom stereocenters. The summed E-state index contributed by atoms with van der Waals surface area (Å²) in [7, 11) is 0. The average Bonchev–Trinajstić information content (AvgIpc) is 2.92. The summed E-state index contributed by atoms with van der Waals surface area (Å²) in [6, 6.07) is 0.496. The Morgan fingerprint density at radius 2 is 2.00 bits per heavy atom. The molecule has 20 heavy (non-hydrogen) atoms. The van der Waals surface area contributed by atoms with Gasteiger partial charge in [0.15, 0.2) is 0 Å². The Morgan fingerprint density at radius 1 is 1.30 bits per heavy atom. The monoisotopic (exact) mass is 280 g/mol. The number of amides is 1. The molecule has 0 aromatic carbocycles. The highest BCUT2D eigenvalue weighted by molar-refractivity contribution is 5.85. The zero-order valence-electron chi connectivity index (χ0n) is 13.9. The van der Waals surface area contributed by atoms with Gasteiger partial charge in [0.1, 0.15) is 0 Å². The molecule has 3 heteroatoms. The molecule has 1 aliphatic carbocycles. The van der Waals surface area contributed by atoms with Crippen LogP contribution in [0.15, 0.2) is 0 Å². The molecule has 3 nitrogen and oxygen atoms in total. The van der Waals surface area contributed by atoms with Crippen LogP contribution in [0, 0.1) is 17.8 Å². The lowest BCUT2D eigenvalue weighted by Gasteiger charge is -2.33. The summed E-state index contributed by atoms with van der Waals surface area (Å²) < 4.78 is 0. The summed E-state index contributed by atoms with van der Waals surface area (Å²) in [5, 5.41) is 3.63. The maximum atomic E-state index is 12.9. The second-order valence-electron chi connectivity index (χ2n) is 7.06. The molecule has 0 radical (unpaired) electrons. The number of nitrogens with zero attached hydrogens (tertiary/aromatic N) is 1. The molecule has 0 aromatic rings. The Labute approximate surface area is 124 Å². The minimum absolute atomic E-state index is 0.0413.